The molecule has 0 saturated carbocycles. The van der Waals surface area contributed by atoms with E-state index in [1.165, 1.54) is 0 Å². The Balaban J connectivity index is 1.93. The lowest BCUT2D eigenvalue weighted by Gasteiger charge is -2.16. The first-order valence-corrected chi connectivity index (χ1v) is 7.18. The molecular formula is C18H21NO3. The first-order chi connectivity index (χ1) is 10.7. The highest BCUT2D eigenvalue weighted by Gasteiger charge is 2.12. The van der Waals surface area contributed by atoms with E-state index >= 15 is 0 Å². The standard InChI is InChI=1S/C18H21NO3/c1-21-13-14-8-10-16(11-9-14)18(20)19-12-17(22-2)15-6-4-3-5-7-15/h3-11,17H,12-13H2,1-2H3,(H,19,20). The summed E-state index contributed by atoms with van der Waals surface area (Å²) in [7, 11) is 3.29. The third-order valence-corrected chi connectivity index (χ3v) is 3.43. The molecule has 2 aromatic carbocycles. The summed E-state index contributed by atoms with van der Waals surface area (Å²) >= 11 is 0. The zero-order valence-electron chi connectivity index (χ0n) is 12.9. The van der Waals surface area contributed by atoms with Crippen LogP contribution in [0.1, 0.15) is 27.6 Å². The molecule has 0 aliphatic carbocycles. The van der Waals surface area contributed by atoms with Gasteiger partial charge >= 0.3 is 0 Å². The summed E-state index contributed by atoms with van der Waals surface area (Å²) in [5.41, 5.74) is 2.71. The lowest BCUT2D eigenvalue weighted by atomic mass is 10.1. The Hall–Kier alpha value is -2.17. The van der Waals surface area contributed by atoms with Gasteiger partial charge in [0.2, 0.25) is 0 Å². The van der Waals surface area contributed by atoms with E-state index < -0.39 is 0 Å². The van der Waals surface area contributed by atoms with Crippen LogP contribution < -0.4 is 5.32 Å². The molecule has 0 saturated heterocycles. The summed E-state index contributed by atoms with van der Waals surface area (Å²) in [6, 6.07) is 17.2. The van der Waals surface area contributed by atoms with Crippen molar-refractivity contribution in [1.82, 2.24) is 5.32 Å². The molecule has 116 valence electrons. The van der Waals surface area contributed by atoms with E-state index in [4.69, 9.17) is 9.47 Å². The summed E-state index contributed by atoms with van der Waals surface area (Å²) < 4.78 is 10.5. The summed E-state index contributed by atoms with van der Waals surface area (Å²) in [5.74, 6) is -0.109. The van der Waals surface area contributed by atoms with Crippen LogP contribution in [0.4, 0.5) is 0 Å². The van der Waals surface area contributed by atoms with Crippen molar-refractivity contribution < 1.29 is 14.3 Å². The Kier molecular flexibility index (Phi) is 6.13. The minimum Gasteiger partial charge on any atom is -0.380 e. The van der Waals surface area contributed by atoms with Gasteiger partial charge in [-0.1, -0.05) is 42.5 Å². The Bertz CT molecular complexity index is 581. The van der Waals surface area contributed by atoms with E-state index in [9.17, 15) is 4.79 Å². The van der Waals surface area contributed by atoms with Crippen molar-refractivity contribution in [2.75, 3.05) is 20.8 Å². The van der Waals surface area contributed by atoms with Gasteiger partial charge in [0.1, 0.15) is 0 Å². The Labute approximate surface area is 131 Å². The highest BCUT2D eigenvalue weighted by molar-refractivity contribution is 5.94. The fourth-order valence-electron chi connectivity index (χ4n) is 2.21. The van der Waals surface area contributed by atoms with E-state index in [1.54, 1.807) is 26.4 Å². The molecule has 0 bridgehead atoms. The number of hydrogen-bond donors (Lipinski definition) is 1. The van der Waals surface area contributed by atoms with Gasteiger partial charge in [-0.3, -0.25) is 4.79 Å². The second kappa shape index (κ2) is 8.32. The maximum absolute atomic E-state index is 12.2. The molecule has 4 heteroatoms. The Morgan fingerprint density at radius 1 is 1.05 bits per heavy atom. The molecule has 1 amide bonds. The van der Waals surface area contributed by atoms with Crippen LogP contribution in [0.15, 0.2) is 54.6 Å². The molecule has 2 rings (SSSR count). The zero-order valence-corrected chi connectivity index (χ0v) is 12.9. The van der Waals surface area contributed by atoms with Gasteiger partial charge in [-0.05, 0) is 23.3 Å². The summed E-state index contributed by atoms with van der Waals surface area (Å²) in [6.45, 7) is 0.973. The zero-order chi connectivity index (χ0) is 15.8. The molecule has 0 fully saturated rings. The molecule has 0 spiro atoms. The van der Waals surface area contributed by atoms with Gasteiger partial charge in [-0.15, -0.1) is 0 Å². The highest BCUT2D eigenvalue weighted by atomic mass is 16.5. The number of amides is 1. The second-order valence-electron chi connectivity index (χ2n) is 4.97. The first kappa shape index (κ1) is 16.2. The number of benzene rings is 2. The lowest BCUT2D eigenvalue weighted by molar-refractivity contribution is 0.0828. The van der Waals surface area contributed by atoms with Crippen molar-refractivity contribution in [3.63, 3.8) is 0 Å². The molecule has 0 heterocycles. The second-order valence-corrected chi connectivity index (χ2v) is 4.97. The normalized spacial score (nSPS) is 11.9. The summed E-state index contributed by atoms with van der Waals surface area (Å²) in [6.07, 6.45) is -0.155. The molecule has 1 N–H and O–H groups in total. The van der Waals surface area contributed by atoms with Gasteiger partial charge in [0.05, 0.1) is 12.7 Å². The average molecular weight is 299 g/mol. The minimum atomic E-state index is -0.155. The van der Waals surface area contributed by atoms with Gasteiger partial charge in [0.25, 0.3) is 5.91 Å². The van der Waals surface area contributed by atoms with E-state index in [2.05, 4.69) is 5.32 Å². The maximum Gasteiger partial charge on any atom is 0.251 e. The summed E-state index contributed by atoms with van der Waals surface area (Å²) in [5, 5.41) is 2.90. The minimum absolute atomic E-state index is 0.109. The monoisotopic (exact) mass is 299 g/mol. The Morgan fingerprint density at radius 2 is 1.73 bits per heavy atom. The van der Waals surface area contributed by atoms with E-state index in [1.807, 2.05) is 42.5 Å². The smallest absolute Gasteiger partial charge is 0.251 e. The van der Waals surface area contributed by atoms with Gasteiger partial charge in [0, 0.05) is 26.3 Å². The van der Waals surface area contributed by atoms with Crippen molar-refractivity contribution in [3.05, 3.63) is 71.3 Å². The van der Waals surface area contributed by atoms with Gasteiger partial charge in [-0.2, -0.15) is 0 Å². The molecule has 0 radical (unpaired) electrons. The quantitative estimate of drug-likeness (QED) is 0.855. The number of hydrogen-bond acceptors (Lipinski definition) is 3. The number of nitrogens with one attached hydrogen (secondary N) is 1. The van der Waals surface area contributed by atoms with Crippen LogP contribution in [0, 0.1) is 0 Å². The van der Waals surface area contributed by atoms with Gasteiger partial charge < -0.3 is 14.8 Å². The van der Waals surface area contributed by atoms with E-state index in [0.717, 1.165) is 11.1 Å². The van der Waals surface area contributed by atoms with Crippen molar-refractivity contribution in [2.45, 2.75) is 12.7 Å². The number of rotatable bonds is 7. The average Bonchev–Trinajstić information content (AvgIpc) is 2.57. The number of carbonyl (C=O) groups is 1. The third-order valence-electron chi connectivity index (χ3n) is 3.43. The maximum atomic E-state index is 12.2. The molecule has 0 aliphatic rings. The van der Waals surface area contributed by atoms with Crippen molar-refractivity contribution in [2.24, 2.45) is 0 Å². The number of ether oxygens (including phenoxy) is 2. The van der Waals surface area contributed by atoms with Crippen LogP contribution >= 0.6 is 0 Å². The third kappa shape index (κ3) is 4.41. The molecule has 4 nitrogen and oxygen atoms in total. The molecular weight excluding hydrogens is 278 g/mol. The molecule has 1 unspecified atom stereocenters. The fraction of sp³-hybridized carbons (Fsp3) is 0.278. The molecule has 22 heavy (non-hydrogen) atoms. The predicted molar refractivity (Wildman–Crippen MR) is 85.7 cm³/mol. The van der Waals surface area contributed by atoms with Crippen molar-refractivity contribution >= 4 is 5.91 Å². The largest absolute Gasteiger partial charge is 0.380 e. The van der Waals surface area contributed by atoms with Crippen molar-refractivity contribution in [3.8, 4) is 0 Å². The SMILES string of the molecule is COCc1ccc(C(=O)NCC(OC)c2ccccc2)cc1. The Morgan fingerprint density at radius 3 is 2.32 bits per heavy atom. The van der Waals surface area contributed by atoms with Gasteiger partial charge in [0.15, 0.2) is 0 Å². The number of carbonyl (C=O) groups excluding carboxylic acids is 1. The van der Waals surface area contributed by atoms with Crippen LogP contribution in [0.2, 0.25) is 0 Å². The lowest BCUT2D eigenvalue weighted by Crippen LogP contribution is -2.29. The molecule has 0 aromatic heterocycles. The first-order valence-electron chi connectivity index (χ1n) is 7.18. The molecule has 1 atom stereocenters. The predicted octanol–water partition coefficient (Wildman–Crippen LogP) is 2.95. The van der Waals surface area contributed by atoms with E-state index in [0.29, 0.717) is 18.7 Å². The molecule has 0 aliphatic heterocycles. The van der Waals surface area contributed by atoms with Crippen LogP contribution in [0.5, 0.6) is 0 Å². The molecule has 2 aromatic rings. The topological polar surface area (TPSA) is 47.6 Å². The van der Waals surface area contributed by atoms with Crippen LogP contribution in [-0.4, -0.2) is 26.7 Å². The fourth-order valence-corrected chi connectivity index (χ4v) is 2.21. The van der Waals surface area contributed by atoms with Crippen LogP contribution in [-0.2, 0) is 16.1 Å². The van der Waals surface area contributed by atoms with Gasteiger partial charge in [-0.25, -0.2) is 0 Å². The van der Waals surface area contributed by atoms with E-state index in [-0.39, 0.29) is 12.0 Å². The van der Waals surface area contributed by atoms with Crippen LogP contribution in [0.25, 0.3) is 0 Å². The van der Waals surface area contributed by atoms with Crippen LogP contribution in [0.3, 0.4) is 0 Å². The van der Waals surface area contributed by atoms with Crippen molar-refractivity contribution in [1.29, 1.82) is 0 Å². The highest BCUT2D eigenvalue weighted by Crippen LogP contribution is 2.15. The summed E-state index contributed by atoms with van der Waals surface area (Å²) in [4.78, 5) is 12.2. The number of methoxy groups -OCH3 is 2.